The summed E-state index contributed by atoms with van der Waals surface area (Å²) in [6.07, 6.45) is 1.27. The van der Waals surface area contributed by atoms with Crippen molar-refractivity contribution < 1.29 is 8.42 Å². The molecule has 0 saturated carbocycles. The van der Waals surface area contributed by atoms with E-state index in [1.807, 2.05) is 24.3 Å². The van der Waals surface area contributed by atoms with Crippen LogP contribution < -0.4 is 5.73 Å². The van der Waals surface area contributed by atoms with E-state index in [-0.39, 0.29) is 4.90 Å². The number of hydrogen-bond acceptors (Lipinski definition) is 4. The normalized spacial score (nSPS) is 11.8. The maximum absolute atomic E-state index is 12.4. The second-order valence-electron chi connectivity index (χ2n) is 4.31. The van der Waals surface area contributed by atoms with E-state index in [1.54, 1.807) is 0 Å². The minimum absolute atomic E-state index is 0.131. The summed E-state index contributed by atoms with van der Waals surface area (Å²) in [6.45, 7) is 0.292. The van der Waals surface area contributed by atoms with E-state index in [2.05, 4.69) is 20.9 Å². The van der Waals surface area contributed by atoms with E-state index in [0.717, 1.165) is 10.0 Å². The fourth-order valence-corrected chi connectivity index (χ4v) is 3.03. The molecular formula is C13H14BrN3O2S. The van der Waals surface area contributed by atoms with E-state index >= 15 is 0 Å². The largest absolute Gasteiger partial charge is 0.384 e. The fraction of sp³-hybridized carbons (Fsp3) is 0.154. The van der Waals surface area contributed by atoms with E-state index in [9.17, 15) is 8.42 Å². The highest BCUT2D eigenvalue weighted by Crippen LogP contribution is 2.18. The molecule has 2 rings (SSSR count). The van der Waals surface area contributed by atoms with E-state index in [1.165, 1.54) is 29.7 Å². The molecule has 0 unspecified atom stereocenters. The zero-order chi connectivity index (χ0) is 14.8. The third-order valence-electron chi connectivity index (χ3n) is 2.79. The number of nitrogens with zero attached hydrogens (tertiary/aromatic N) is 2. The summed E-state index contributed by atoms with van der Waals surface area (Å²) in [5, 5.41) is 0. The van der Waals surface area contributed by atoms with Crippen molar-refractivity contribution in [1.29, 1.82) is 0 Å². The molecular weight excluding hydrogens is 342 g/mol. The van der Waals surface area contributed by atoms with Crippen LogP contribution in [0.15, 0.2) is 52.0 Å². The predicted octanol–water partition coefficient (Wildman–Crippen LogP) is 2.25. The Balaban J connectivity index is 2.21. The molecule has 0 atom stereocenters. The lowest BCUT2D eigenvalue weighted by atomic mass is 10.2. The first-order valence-corrected chi connectivity index (χ1v) is 8.05. The van der Waals surface area contributed by atoms with Gasteiger partial charge in [0.15, 0.2) is 0 Å². The van der Waals surface area contributed by atoms with Gasteiger partial charge in [0, 0.05) is 24.3 Å². The van der Waals surface area contributed by atoms with E-state index in [0.29, 0.717) is 12.4 Å². The number of sulfonamides is 1. The average molecular weight is 356 g/mol. The van der Waals surface area contributed by atoms with Crippen molar-refractivity contribution in [3.05, 3.63) is 52.6 Å². The Morgan fingerprint density at radius 1 is 1.20 bits per heavy atom. The van der Waals surface area contributed by atoms with Crippen LogP contribution >= 0.6 is 15.9 Å². The molecule has 0 spiro atoms. The van der Waals surface area contributed by atoms with Crippen LogP contribution in [0.25, 0.3) is 0 Å². The predicted molar refractivity (Wildman–Crippen MR) is 81.4 cm³/mol. The van der Waals surface area contributed by atoms with Gasteiger partial charge in [0.1, 0.15) is 10.7 Å². The van der Waals surface area contributed by atoms with Crippen LogP contribution in [-0.2, 0) is 16.6 Å². The number of hydrogen-bond donors (Lipinski definition) is 1. The van der Waals surface area contributed by atoms with Crippen molar-refractivity contribution in [3.63, 3.8) is 0 Å². The van der Waals surface area contributed by atoms with Gasteiger partial charge in [0.2, 0.25) is 10.0 Å². The molecule has 1 heterocycles. The third kappa shape index (κ3) is 3.36. The molecule has 5 nitrogen and oxygen atoms in total. The van der Waals surface area contributed by atoms with Crippen molar-refractivity contribution in [2.24, 2.45) is 0 Å². The molecule has 1 aromatic carbocycles. The molecule has 0 fully saturated rings. The third-order valence-corrected chi connectivity index (χ3v) is 5.10. The molecule has 7 heteroatoms. The molecule has 2 N–H and O–H groups in total. The first-order valence-electron chi connectivity index (χ1n) is 5.82. The molecule has 0 radical (unpaired) electrons. The Hall–Kier alpha value is -1.44. The molecule has 0 amide bonds. The summed E-state index contributed by atoms with van der Waals surface area (Å²) in [5.74, 6) is 0.291. The van der Waals surface area contributed by atoms with Crippen LogP contribution in [0, 0.1) is 0 Å². The van der Waals surface area contributed by atoms with Crippen molar-refractivity contribution in [3.8, 4) is 0 Å². The van der Waals surface area contributed by atoms with Crippen LogP contribution in [0.4, 0.5) is 5.82 Å². The summed E-state index contributed by atoms with van der Waals surface area (Å²) in [4.78, 5) is 3.94. The number of aromatic nitrogens is 1. The van der Waals surface area contributed by atoms with Crippen molar-refractivity contribution in [1.82, 2.24) is 9.29 Å². The van der Waals surface area contributed by atoms with Gasteiger partial charge >= 0.3 is 0 Å². The standard InChI is InChI=1S/C13H14BrN3O2S/c1-17(9-10-2-4-11(14)5-3-10)20(18,19)12-6-7-13(15)16-8-12/h2-8H,9H2,1H3,(H2,15,16). The number of nitrogen functional groups attached to an aromatic ring is 1. The summed E-state index contributed by atoms with van der Waals surface area (Å²) < 4.78 is 26.9. The zero-order valence-electron chi connectivity index (χ0n) is 10.8. The Labute approximate surface area is 126 Å². The Kier molecular flexibility index (Phi) is 4.42. The number of rotatable bonds is 4. The van der Waals surface area contributed by atoms with E-state index < -0.39 is 10.0 Å². The monoisotopic (exact) mass is 355 g/mol. The molecule has 0 aliphatic rings. The fourth-order valence-electron chi connectivity index (χ4n) is 1.66. The lowest BCUT2D eigenvalue weighted by Gasteiger charge is -2.17. The Morgan fingerprint density at radius 2 is 1.85 bits per heavy atom. The second kappa shape index (κ2) is 5.90. The van der Waals surface area contributed by atoms with Gasteiger partial charge in [-0.05, 0) is 29.8 Å². The average Bonchev–Trinajstić information content (AvgIpc) is 2.42. The van der Waals surface area contributed by atoms with Gasteiger partial charge in [0.05, 0.1) is 0 Å². The van der Waals surface area contributed by atoms with Crippen LogP contribution in [0.2, 0.25) is 0 Å². The highest BCUT2D eigenvalue weighted by atomic mass is 79.9. The first kappa shape index (κ1) is 15.0. The molecule has 20 heavy (non-hydrogen) atoms. The molecule has 2 aromatic rings. The molecule has 1 aromatic heterocycles. The summed E-state index contributed by atoms with van der Waals surface area (Å²) in [6, 6.07) is 10.4. The summed E-state index contributed by atoms with van der Waals surface area (Å²) >= 11 is 3.34. The Bertz CT molecular complexity index is 685. The maximum Gasteiger partial charge on any atom is 0.244 e. The number of pyridine rings is 1. The number of halogens is 1. The smallest absolute Gasteiger partial charge is 0.244 e. The van der Waals surface area contributed by atoms with Crippen molar-refractivity contribution >= 4 is 31.8 Å². The lowest BCUT2D eigenvalue weighted by molar-refractivity contribution is 0.466. The topological polar surface area (TPSA) is 76.3 Å². The number of anilines is 1. The highest BCUT2D eigenvalue weighted by Gasteiger charge is 2.21. The van der Waals surface area contributed by atoms with Gasteiger partial charge in [-0.15, -0.1) is 0 Å². The maximum atomic E-state index is 12.4. The highest BCUT2D eigenvalue weighted by molar-refractivity contribution is 9.10. The van der Waals surface area contributed by atoms with Crippen molar-refractivity contribution in [2.75, 3.05) is 12.8 Å². The second-order valence-corrected chi connectivity index (χ2v) is 7.27. The van der Waals surface area contributed by atoms with Crippen molar-refractivity contribution in [2.45, 2.75) is 11.4 Å². The van der Waals surface area contributed by atoms with Gasteiger partial charge < -0.3 is 5.73 Å². The molecule has 0 saturated heterocycles. The molecule has 0 aliphatic heterocycles. The number of benzene rings is 1. The van der Waals surface area contributed by atoms with Gasteiger partial charge in [-0.25, -0.2) is 13.4 Å². The summed E-state index contributed by atoms with van der Waals surface area (Å²) in [5.41, 5.74) is 6.37. The van der Waals surface area contributed by atoms with Crippen LogP contribution in [0.5, 0.6) is 0 Å². The van der Waals surface area contributed by atoms with Crippen LogP contribution in [0.1, 0.15) is 5.56 Å². The number of nitrogens with two attached hydrogens (primary N) is 1. The quantitative estimate of drug-likeness (QED) is 0.912. The van der Waals surface area contributed by atoms with Crippen LogP contribution in [0.3, 0.4) is 0 Å². The van der Waals surface area contributed by atoms with Gasteiger partial charge in [0.25, 0.3) is 0 Å². The minimum Gasteiger partial charge on any atom is -0.384 e. The molecule has 0 bridgehead atoms. The Morgan fingerprint density at radius 3 is 2.40 bits per heavy atom. The summed E-state index contributed by atoms with van der Waals surface area (Å²) in [7, 11) is -2.03. The van der Waals surface area contributed by atoms with Gasteiger partial charge in [-0.1, -0.05) is 28.1 Å². The molecule has 106 valence electrons. The first-order chi connectivity index (χ1) is 9.39. The molecule has 0 aliphatic carbocycles. The van der Waals surface area contributed by atoms with Gasteiger partial charge in [-0.2, -0.15) is 4.31 Å². The van der Waals surface area contributed by atoms with Crippen LogP contribution in [-0.4, -0.2) is 24.8 Å². The lowest BCUT2D eigenvalue weighted by Crippen LogP contribution is -2.26. The minimum atomic E-state index is -3.56. The van der Waals surface area contributed by atoms with Gasteiger partial charge in [-0.3, -0.25) is 0 Å². The van der Waals surface area contributed by atoms with E-state index in [4.69, 9.17) is 5.73 Å². The SMILES string of the molecule is CN(Cc1ccc(Br)cc1)S(=O)(=O)c1ccc(N)nc1. The zero-order valence-corrected chi connectivity index (χ0v) is 13.2.